The van der Waals surface area contributed by atoms with Crippen LogP contribution in [0.15, 0.2) is 0 Å². The highest BCUT2D eigenvalue weighted by Gasteiger charge is 2.49. The summed E-state index contributed by atoms with van der Waals surface area (Å²) in [7, 11) is 0. The summed E-state index contributed by atoms with van der Waals surface area (Å²) in [5.41, 5.74) is 0. The molecule has 0 aliphatic carbocycles. The zero-order valence-electron chi connectivity index (χ0n) is 11.8. The largest absolute Gasteiger partial charge is 0.394 e. The fourth-order valence-electron chi connectivity index (χ4n) is 2.51. The molecule has 10 heteroatoms. The van der Waals surface area contributed by atoms with E-state index in [1.807, 2.05) is 0 Å². The summed E-state index contributed by atoms with van der Waals surface area (Å²) in [6, 6.07) is 0. The van der Waals surface area contributed by atoms with Crippen LogP contribution in [0.5, 0.6) is 0 Å². The third kappa shape index (κ3) is 3.26. The average Bonchev–Trinajstić information content (AvgIpc) is 2.49. The fourth-order valence-corrected chi connectivity index (χ4v) is 2.51. The molecular formula is C12H22O10. The first-order valence-electron chi connectivity index (χ1n) is 6.93. The highest BCUT2D eigenvalue weighted by molar-refractivity contribution is 4.92. The van der Waals surface area contributed by atoms with E-state index in [0.29, 0.717) is 0 Å². The first kappa shape index (κ1) is 17.9. The van der Waals surface area contributed by atoms with Crippen LogP contribution >= 0.6 is 0 Å². The lowest BCUT2D eigenvalue weighted by atomic mass is 9.97. The maximum atomic E-state index is 9.96. The summed E-state index contributed by atoms with van der Waals surface area (Å²) < 4.78 is 15.3. The van der Waals surface area contributed by atoms with Gasteiger partial charge in [0.2, 0.25) is 0 Å². The van der Waals surface area contributed by atoms with E-state index < -0.39 is 68.0 Å². The van der Waals surface area contributed by atoms with E-state index in [9.17, 15) is 30.6 Å². The van der Waals surface area contributed by atoms with Crippen LogP contribution in [-0.4, -0.2) is 104 Å². The molecule has 130 valence electrons. The molecular weight excluding hydrogens is 304 g/mol. The third-order valence-electron chi connectivity index (χ3n) is 3.94. The highest BCUT2D eigenvalue weighted by Crippen LogP contribution is 2.28. The van der Waals surface area contributed by atoms with Crippen molar-refractivity contribution in [1.29, 1.82) is 0 Å². The van der Waals surface area contributed by atoms with Crippen LogP contribution in [0.25, 0.3) is 0 Å². The summed E-state index contributed by atoms with van der Waals surface area (Å²) in [5.74, 6) is 0. The van der Waals surface area contributed by atoms with Gasteiger partial charge in [0.15, 0.2) is 12.6 Å². The molecule has 22 heavy (non-hydrogen) atoms. The van der Waals surface area contributed by atoms with Gasteiger partial charge in [0.25, 0.3) is 0 Å². The second-order valence-electron chi connectivity index (χ2n) is 5.51. The maximum Gasteiger partial charge on any atom is 0.187 e. The van der Waals surface area contributed by atoms with E-state index >= 15 is 0 Å². The fraction of sp³-hybridized carbons (Fsp3) is 1.00. The van der Waals surface area contributed by atoms with Crippen molar-refractivity contribution in [2.45, 2.75) is 68.3 Å². The number of aliphatic hydroxyl groups excluding tert-OH is 7. The Bertz CT molecular complexity index is 352. The van der Waals surface area contributed by atoms with E-state index in [1.54, 1.807) is 0 Å². The molecule has 2 heterocycles. The Balaban J connectivity index is 2.10. The van der Waals surface area contributed by atoms with Crippen molar-refractivity contribution >= 4 is 0 Å². The number of ether oxygens (including phenoxy) is 3. The molecule has 0 radical (unpaired) electrons. The Morgan fingerprint density at radius 3 is 2.05 bits per heavy atom. The number of rotatable bonds is 3. The molecule has 0 aromatic heterocycles. The van der Waals surface area contributed by atoms with E-state index in [0.717, 1.165) is 0 Å². The first-order chi connectivity index (χ1) is 10.3. The number of hydrogen-bond donors (Lipinski definition) is 7. The highest BCUT2D eigenvalue weighted by atomic mass is 16.7. The molecule has 0 aromatic carbocycles. The van der Waals surface area contributed by atoms with Gasteiger partial charge in [-0.3, -0.25) is 0 Å². The second kappa shape index (κ2) is 7.01. The standard InChI is InChI=1S/C12H22O10/c1-3-5(14)10(9(18)11(19)20-3)22-12-8(17)7(16)6(15)4(2-13)21-12/h3-19H,2H2,1H3/t3-,4+,5+,6+,7-,8-,9-,10+,11+,12+/m0/s1. The first-order valence-corrected chi connectivity index (χ1v) is 6.93. The van der Waals surface area contributed by atoms with Crippen LogP contribution in [0, 0.1) is 0 Å². The molecule has 7 N–H and O–H groups in total. The van der Waals surface area contributed by atoms with Crippen molar-refractivity contribution in [3.05, 3.63) is 0 Å². The van der Waals surface area contributed by atoms with Gasteiger partial charge < -0.3 is 50.0 Å². The quantitative estimate of drug-likeness (QED) is 0.269. The molecule has 2 rings (SSSR count). The van der Waals surface area contributed by atoms with Gasteiger partial charge in [-0.1, -0.05) is 0 Å². The van der Waals surface area contributed by atoms with Crippen LogP contribution in [-0.2, 0) is 14.2 Å². The van der Waals surface area contributed by atoms with Crippen LogP contribution in [0.4, 0.5) is 0 Å². The van der Waals surface area contributed by atoms with Crippen LogP contribution in [0.2, 0.25) is 0 Å². The van der Waals surface area contributed by atoms with Gasteiger partial charge >= 0.3 is 0 Å². The van der Waals surface area contributed by atoms with Crippen molar-refractivity contribution in [3.63, 3.8) is 0 Å². The molecule has 2 aliphatic rings. The smallest absolute Gasteiger partial charge is 0.187 e. The van der Waals surface area contributed by atoms with Gasteiger partial charge in [-0.15, -0.1) is 0 Å². The molecule has 0 saturated carbocycles. The minimum Gasteiger partial charge on any atom is -0.394 e. The van der Waals surface area contributed by atoms with E-state index in [1.165, 1.54) is 6.92 Å². The lowest BCUT2D eigenvalue weighted by Crippen LogP contribution is -2.63. The molecule has 10 atom stereocenters. The summed E-state index contributed by atoms with van der Waals surface area (Å²) in [4.78, 5) is 0. The lowest BCUT2D eigenvalue weighted by molar-refractivity contribution is -0.353. The summed E-state index contributed by atoms with van der Waals surface area (Å²) in [5, 5.41) is 67.6. The second-order valence-corrected chi connectivity index (χ2v) is 5.51. The van der Waals surface area contributed by atoms with Gasteiger partial charge in [-0.05, 0) is 6.92 Å². The molecule has 0 spiro atoms. The Morgan fingerprint density at radius 1 is 0.818 bits per heavy atom. The monoisotopic (exact) mass is 326 g/mol. The molecule has 2 aliphatic heterocycles. The van der Waals surface area contributed by atoms with Crippen LogP contribution in [0.3, 0.4) is 0 Å². The van der Waals surface area contributed by atoms with Crippen molar-refractivity contribution in [2.75, 3.05) is 6.61 Å². The van der Waals surface area contributed by atoms with Crippen molar-refractivity contribution in [3.8, 4) is 0 Å². The van der Waals surface area contributed by atoms with Crippen molar-refractivity contribution in [2.24, 2.45) is 0 Å². The Kier molecular flexibility index (Phi) is 5.72. The zero-order valence-corrected chi connectivity index (χ0v) is 11.8. The SMILES string of the molecule is C[C@@H]1O[C@@H](O)[C@@H](O)[C@H](O[C@H]2O[C@H](CO)[C@@H](O)[C@H](O)[C@@H]2O)[C@@H]1O. The predicted molar refractivity (Wildman–Crippen MR) is 67.2 cm³/mol. The summed E-state index contributed by atoms with van der Waals surface area (Å²) >= 11 is 0. The molecule has 0 unspecified atom stereocenters. The lowest BCUT2D eigenvalue weighted by Gasteiger charge is -2.44. The van der Waals surface area contributed by atoms with Crippen molar-refractivity contribution in [1.82, 2.24) is 0 Å². The van der Waals surface area contributed by atoms with E-state index in [2.05, 4.69) is 0 Å². The molecule has 2 saturated heterocycles. The average molecular weight is 326 g/mol. The van der Waals surface area contributed by atoms with Gasteiger partial charge in [0, 0.05) is 0 Å². The minimum absolute atomic E-state index is 0.636. The molecule has 0 amide bonds. The van der Waals surface area contributed by atoms with Gasteiger partial charge in [0.1, 0.15) is 42.7 Å². The molecule has 0 bridgehead atoms. The van der Waals surface area contributed by atoms with Crippen LogP contribution < -0.4 is 0 Å². The number of hydrogen-bond acceptors (Lipinski definition) is 10. The maximum absolute atomic E-state index is 9.96. The zero-order chi connectivity index (χ0) is 16.6. The van der Waals surface area contributed by atoms with E-state index in [-0.39, 0.29) is 0 Å². The molecule has 2 fully saturated rings. The topological polar surface area (TPSA) is 169 Å². The van der Waals surface area contributed by atoms with Gasteiger partial charge in [0.05, 0.1) is 12.7 Å². The predicted octanol–water partition coefficient (Wildman–Crippen LogP) is -4.37. The third-order valence-corrected chi connectivity index (χ3v) is 3.94. The summed E-state index contributed by atoms with van der Waals surface area (Å²) in [6.07, 6.45) is -14.3. The van der Waals surface area contributed by atoms with Crippen molar-refractivity contribution < 1.29 is 50.0 Å². The molecule has 0 aromatic rings. The minimum atomic E-state index is -1.67. The normalized spacial score (nSPS) is 53.5. The molecule has 10 nitrogen and oxygen atoms in total. The Labute approximate surface area is 126 Å². The van der Waals surface area contributed by atoms with E-state index in [4.69, 9.17) is 19.3 Å². The van der Waals surface area contributed by atoms with Gasteiger partial charge in [-0.25, -0.2) is 0 Å². The Morgan fingerprint density at radius 2 is 1.45 bits per heavy atom. The van der Waals surface area contributed by atoms with Gasteiger partial charge in [-0.2, -0.15) is 0 Å². The van der Waals surface area contributed by atoms with Crippen LogP contribution in [0.1, 0.15) is 6.92 Å². The Hall–Kier alpha value is -0.400. The number of aliphatic hydroxyl groups is 7. The summed E-state index contributed by atoms with van der Waals surface area (Å²) in [6.45, 7) is 0.812.